The highest BCUT2D eigenvalue weighted by Crippen LogP contribution is 2.12. The predicted molar refractivity (Wildman–Crippen MR) is 90.2 cm³/mol. The number of pyridine rings is 2. The minimum absolute atomic E-state index is 0.235. The second kappa shape index (κ2) is 7.17. The van der Waals surface area contributed by atoms with E-state index < -0.39 is 0 Å². The van der Waals surface area contributed by atoms with E-state index in [4.69, 9.17) is 0 Å². The molecule has 114 valence electrons. The molecule has 0 unspecified atom stereocenters. The molecule has 0 saturated heterocycles. The fourth-order valence-electron chi connectivity index (χ4n) is 2.09. The molecule has 1 aromatic carbocycles. The molecule has 0 bridgehead atoms. The summed E-state index contributed by atoms with van der Waals surface area (Å²) in [6.07, 6.45) is 5.16. The van der Waals surface area contributed by atoms with Gasteiger partial charge in [-0.3, -0.25) is 14.8 Å². The molecule has 2 N–H and O–H groups in total. The molecule has 0 aliphatic heterocycles. The Morgan fingerprint density at radius 1 is 0.957 bits per heavy atom. The first-order valence-corrected chi connectivity index (χ1v) is 7.26. The summed E-state index contributed by atoms with van der Waals surface area (Å²) in [4.78, 5) is 20.4. The highest BCUT2D eigenvalue weighted by Gasteiger charge is 2.08. The number of rotatable bonds is 5. The Bertz CT molecular complexity index is 775. The Kier molecular flexibility index (Phi) is 4.59. The number of aromatic nitrogens is 2. The number of nitrogens with one attached hydrogen (secondary N) is 2. The molecule has 0 fully saturated rings. The Balaban J connectivity index is 1.66. The van der Waals surface area contributed by atoms with E-state index in [-0.39, 0.29) is 5.91 Å². The minimum atomic E-state index is -0.235. The van der Waals surface area contributed by atoms with Gasteiger partial charge in [-0.1, -0.05) is 24.3 Å². The Labute approximate surface area is 134 Å². The molecule has 2 heterocycles. The summed E-state index contributed by atoms with van der Waals surface area (Å²) >= 11 is 0. The fourth-order valence-corrected chi connectivity index (χ4v) is 2.09. The first-order valence-electron chi connectivity index (χ1n) is 7.26. The molecule has 0 aliphatic carbocycles. The lowest BCUT2D eigenvalue weighted by Gasteiger charge is -2.08. The maximum atomic E-state index is 12.2. The lowest BCUT2D eigenvalue weighted by atomic mass is 10.2. The van der Waals surface area contributed by atoms with Crippen LogP contribution >= 0.6 is 0 Å². The van der Waals surface area contributed by atoms with Crippen molar-refractivity contribution in [2.24, 2.45) is 0 Å². The van der Waals surface area contributed by atoms with Gasteiger partial charge in [0.1, 0.15) is 5.69 Å². The number of anilines is 2. The lowest BCUT2D eigenvalue weighted by molar-refractivity contribution is 0.102. The predicted octanol–water partition coefficient (Wildman–Crippen LogP) is 3.34. The third-order valence-electron chi connectivity index (χ3n) is 3.24. The second-order valence-corrected chi connectivity index (χ2v) is 4.96. The van der Waals surface area contributed by atoms with Crippen molar-refractivity contribution in [3.63, 3.8) is 0 Å². The van der Waals surface area contributed by atoms with E-state index >= 15 is 0 Å². The van der Waals surface area contributed by atoms with Gasteiger partial charge >= 0.3 is 0 Å². The molecule has 0 spiro atoms. The number of hydrogen-bond acceptors (Lipinski definition) is 4. The maximum Gasteiger partial charge on any atom is 0.274 e. The largest absolute Gasteiger partial charge is 0.381 e. The Morgan fingerprint density at radius 3 is 2.61 bits per heavy atom. The van der Waals surface area contributed by atoms with Crippen molar-refractivity contribution in [3.05, 3.63) is 84.4 Å². The van der Waals surface area contributed by atoms with E-state index in [1.165, 1.54) is 0 Å². The number of nitrogens with zero attached hydrogens (tertiary/aromatic N) is 2. The Morgan fingerprint density at radius 2 is 1.83 bits per heavy atom. The minimum Gasteiger partial charge on any atom is -0.381 e. The van der Waals surface area contributed by atoms with Gasteiger partial charge in [0.25, 0.3) is 5.91 Å². The summed E-state index contributed by atoms with van der Waals surface area (Å²) in [5.74, 6) is -0.235. The van der Waals surface area contributed by atoms with Crippen molar-refractivity contribution < 1.29 is 4.79 Å². The van der Waals surface area contributed by atoms with E-state index in [2.05, 4.69) is 20.6 Å². The first kappa shape index (κ1) is 14.7. The van der Waals surface area contributed by atoms with Crippen molar-refractivity contribution in [1.29, 1.82) is 0 Å². The number of hydrogen-bond donors (Lipinski definition) is 2. The summed E-state index contributed by atoms with van der Waals surface area (Å²) in [5.41, 5.74) is 3.01. The fraction of sp³-hybridized carbons (Fsp3) is 0.0556. The number of benzene rings is 1. The van der Waals surface area contributed by atoms with E-state index in [0.717, 1.165) is 16.9 Å². The highest BCUT2D eigenvalue weighted by atomic mass is 16.1. The average molecular weight is 304 g/mol. The average Bonchev–Trinajstić information content (AvgIpc) is 2.62. The molecule has 5 heteroatoms. The van der Waals surface area contributed by atoms with E-state index in [1.54, 1.807) is 24.7 Å². The van der Waals surface area contributed by atoms with Crippen LogP contribution in [0, 0.1) is 0 Å². The molecular formula is C18H16N4O. The number of carbonyl (C=O) groups is 1. The second-order valence-electron chi connectivity index (χ2n) is 4.96. The highest BCUT2D eigenvalue weighted by molar-refractivity contribution is 6.03. The number of para-hydroxylation sites is 1. The SMILES string of the molecule is O=C(Nc1ccccc1)c1cc(NCc2cccnc2)ccn1. The van der Waals surface area contributed by atoms with Crippen LogP contribution in [0.25, 0.3) is 0 Å². The van der Waals surface area contributed by atoms with Crippen molar-refractivity contribution in [2.45, 2.75) is 6.54 Å². The van der Waals surface area contributed by atoms with Crippen LogP contribution in [0.2, 0.25) is 0 Å². The normalized spacial score (nSPS) is 10.1. The van der Waals surface area contributed by atoms with Gasteiger partial charge in [-0.15, -0.1) is 0 Å². The molecule has 0 aliphatic rings. The van der Waals surface area contributed by atoms with E-state index in [9.17, 15) is 4.79 Å². The van der Waals surface area contributed by atoms with Gasteiger partial charge in [0, 0.05) is 36.5 Å². The van der Waals surface area contributed by atoms with Crippen LogP contribution in [0.4, 0.5) is 11.4 Å². The smallest absolute Gasteiger partial charge is 0.274 e. The summed E-state index contributed by atoms with van der Waals surface area (Å²) in [5, 5.41) is 6.08. The van der Waals surface area contributed by atoms with Crippen LogP contribution in [0.1, 0.15) is 16.1 Å². The zero-order valence-corrected chi connectivity index (χ0v) is 12.4. The summed E-state index contributed by atoms with van der Waals surface area (Å²) in [6, 6.07) is 16.8. The standard InChI is InChI=1S/C18H16N4O/c23-18(22-15-6-2-1-3-7-15)17-11-16(8-10-20-17)21-13-14-5-4-9-19-12-14/h1-12H,13H2,(H,20,21)(H,22,23). The van der Waals surface area contributed by atoms with Gasteiger partial charge in [0.05, 0.1) is 0 Å². The number of amides is 1. The van der Waals surface area contributed by atoms with Crippen LogP contribution in [-0.2, 0) is 6.54 Å². The third-order valence-corrected chi connectivity index (χ3v) is 3.24. The zero-order chi connectivity index (χ0) is 15.9. The van der Waals surface area contributed by atoms with E-state index in [0.29, 0.717) is 12.2 Å². The molecule has 1 amide bonds. The van der Waals surface area contributed by atoms with Crippen LogP contribution in [0.5, 0.6) is 0 Å². The van der Waals surface area contributed by atoms with Gasteiger partial charge in [-0.25, -0.2) is 0 Å². The monoisotopic (exact) mass is 304 g/mol. The lowest BCUT2D eigenvalue weighted by Crippen LogP contribution is -2.14. The molecule has 5 nitrogen and oxygen atoms in total. The molecule has 3 rings (SSSR count). The van der Waals surface area contributed by atoms with Crippen LogP contribution in [0.15, 0.2) is 73.2 Å². The van der Waals surface area contributed by atoms with Gasteiger partial charge in [-0.05, 0) is 35.9 Å². The third kappa shape index (κ3) is 4.14. The molecule has 23 heavy (non-hydrogen) atoms. The van der Waals surface area contributed by atoms with Crippen molar-refractivity contribution in [3.8, 4) is 0 Å². The van der Waals surface area contributed by atoms with Crippen LogP contribution < -0.4 is 10.6 Å². The van der Waals surface area contributed by atoms with Crippen molar-refractivity contribution >= 4 is 17.3 Å². The molecular weight excluding hydrogens is 288 g/mol. The summed E-state index contributed by atoms with van der Waals surface area (Å²) < 4.78 is 0. The molecule has 0 saturated carbocycles. The molecule has 0 radical (unpaired) electrons. The van der Waals surface area contributed by atoms with Crippen LogP contribution in [0.3, 0.4) is 0 Å². The zero-order valence-electron chi connectivity index (χ0n) is 12.4. The van der Waals surface area contributed by atoms with Crippen LogP contribution in [-0.4, -0.2) is 15.9 Å². The first-order chi connectivity index (χ1) is 11.3. The molecule has 2 aromatic heterocycles. The maximum absolute atomic E-state index is 12.2. The molecule has 3 aromatic rings. The van der Waals surface area contributed by atoms with Gasteiger partial charge in [0.2, 0.25) is 0 Å². The topological polar surface area (TPSA) is 66.9 Å². The summed E-state index contributed by atoms with van der Waals surface area (Å²) in [6.45, 7) is 0.637. The quantitative estimate of drug-likeness (QED) is 0.758. The number of carbonyl (C=O) groups excluding carboxylic acids is 1. The van der Waals surface area contributed by atoms with Gasteiger partial charge in [-0.2, -0.15) is 0 Å². The Hall–Kier alpha value is -3.21. The van der Waals surface area contributed by atoms with E-state index in [1.807, 2.05) is 48.5 Å². The van der Waals surface area contributed by atoms with Crippen molar-refractivity contribution in [1.82, 2.24) is 9.97 Å². The van der Waals surface area contributed by atoms with Crippen molar-refractivity contribution in [2.75, 3.05) is 10.6 Å². The molecule has 0 atom stereocenters. The van der Waals surface area contributed by atoms with Gasteiger partial charge < -0.3 is 10.6 Å². The summed E-state index contributed by atoms with van der Waals surface area (Å²) in [7, 11) is 0. The van der Waals surface area contributed by atoms with Gasteiger partial charge in [0.15, 0.2) is 0 Å².